The molecule has 188 valence electrons. The van der Waals surface area contributed by atoms with Crippen LogP contribution in [0.4, 0.5) is 14.5 Å². The molecule has 0 aliphatic carbocycles. The van der Waals surface area contributed by atoms with E-state index in [1.54, 1.807) is 44.3 Å². The van der Waals surface area contributed by atoms with Crippen LogP contribution < -0.4 is 16.2 Å². The number of benzene rings is 2. The Kier molecular flexibility index (Phi) is 7.64. The fourth-order valence-electron chi connectivity index (χ4n) is 3.76. The predicted octanol–water partition coefficient (Wildman–Crippen LogP) is 4.01. The zero-order valence-electron chi connectivity index (χ0n) is 20.2. The summed E-state index contributed by atoms with van der Waals surface area (Å²) in [6.45, 7) is 1.60. The minimum atomic E-state index is -0.548. The molecule has 0 saturated carbocycles. The molecule has 4 rings (SSSR count). The Labute approximate surface area is 211 Å². The molecule has 0 spiro atoms. The van der Waals surface area contributed by atoms with E-state index < -0.39 is 29.1 Å². The van der Waals surface area contributed by atoms with E-state index >= 15 is 0 Å². The molecule has 2 aromatic carbocycles. The summed E-state index contributed by atoms with van der Waals surface area (Å²) in [6.07, 6.45) is 2.87. The average molecular weight is 503 g/mol. The molecule has 2 aromatic heterocycles. The van der Waals surface area contributed by atoms with Crippen LogP contribution in [0.15, 0.2) is 83.9 Å². The number of anilines is 1. The maximum Gasteiger partial charge on any atom is 0.275 e. The van der Waals surface area contributed by atoms with E-state index in [0.717, 1.165) is 0 Å². The van der Waals surface area contributed by atoms with Crippen LogP contribution in [0.3, 0.4) is 0 Å². The Hall–Kier alpha value is -4.50. The SMILES string of the molecule is CN[C@@H](C)C(=O)Nc1ccc(-c2ccccc2F)n(Cc2cncc(C(=O)c3ccc(F)cc3)c2)c1=O. The molecule has 0 saturated heterocycles. The van der Waals surface area contributed by atoms with Crippen LogP contribution in [0.2, 0.25) is 0 Å². The Bertz CT molecular complexity index is 1520. The molecule has 0 bridgehead atoms. The third-order valence-electron chi connectivity index (χ3n) is 5.91. The Morgan fingerprint density at radius 1 is 0.973 bits per heavy atom. The van der Waals surface area contributed by atoms with Crippen LogP contribution in [-0.2, 0) is 11.3 Å². The summed E-state index contributed by atoms with van der Waals surface area (Å²) >= 11 is 0. The highest BCUT2D eigenvalue weighted by molar-refractivity contribution is 6.08. The van der Waals surface area contributed by atoms with Crippen LogP contribution in [0, 0.1) is 11.6 Å². The highest BCUT2D eigenvalue weighted by atomic mass is 19.1. The summed E-state index contributed by atoms with van der Waals surface area (Å²) in [7, 11) is 1.62. The highest BCUT2D eigenvalue weighted by Crippen LogP contribution is 2.24. The Morgan fingerprint density at radius 3 is 2.41 bits per heavy atom. The smallest absolute Gasteiger partial charge is 0.275 e. The first kappa shape index (κ1) is 25.6. The summed E-state index contributed by atoms with van der Waals surface area (Å²) in [5.74, 6) is -1.74. The van der Waals surface area contributed by atoms with Crippen molar-refractivity contribution in [2.45, 2.75) is 19.5 Å². The van der Waals surface area contributed by atoms with Crippen LogP contribution in [0.25, 0.3) is 11.3 Å². The molecular weight excluding hydrogens is 478 g/mol. The minimum Gasteiger partial charge on any atom is -0.320 e. The van der Waals surface area contributed by atoms with Crippen molar-refractivity contribution in [1.29, 1.82) is 0 Å². The van der Waals surface area contributed by atoms with Crippen molar-refractivity contribution in [3.63, 3.8) is 0 Å². The molecule has 0 aliphatic heterocycles. The average Bonchev–Trinajstić information content (AvgIpc) is 2.91. The van der Waals surface area contributed by atoms with E-state index in [2.05, 4.69) is 15.6 Å². The summed E-state index contributed by atoms with van der Waals surface area (Å²) in [5, 5.41) is 5.41. The van der Waals surface area contributed by atoms with Crippen molar-refractivity contribution >= 4 is 17.4 Å². The van der Waals surface area contributed by atoms with Gasteiger partial charge in [-0.2, -0.15) is 0 Å². The van der Waals surface area contributed by atoms with Gasteiger partial charge in [0.05, 0.1) is 18.3 Å². The van der Waals surface area contributed by atoms with Crippen LogP contribution in [-0.4, -0.2) is 34.3 Å². The van der Waals surface area contributed by atoms with Gasteiger partial charge in [0.15, 0.2) is 5.78 Å². The number of nitrogens with zero attached hydrogens (tertiary/aromatic N) is 2. The lowest BCUT2D eigenvalue weighted by Gasteiger charge is -2.17. The van der Waals surface area contributed by atoms with Crippen LogP contribution >= 0.6 is 0 Å². The largest absolute Gasteiger partial charge is 0.320 e. The van der Waals surface area contributed by atoms with Gasteiger partial charge in [-0.25, -0.2) is 8.78 Å². The standard InChI is InChI=1S/C28H24F2N4O3/c1-17(31-2)27(36)33-24-11-12-25(22-5-3-4-6-23(22)30)34(28(24)37)16-18-13-20(15-32-14-18)26(35)19-7-9-21(29)10-8-19/h3-15,17,31H,16H2,1-2H3,(H,33,36)/t17-/m0/s1. The van der Waals surface area contributed by atoms with E-state index in [-0.39, 0.29) is 40.4 Å². The molecule has 1 atom stereocenters. The number of hydrogen-bond donors (Lipinski definition) is 2. The van der Waals surface area contributed by atoms with Crippen molar-refractivity contribution in [3.05, 3.63) is 118 Å². The number of amides is 1. The van der Waals surface area contributed by atoms with Gasteiger partial charge in [-0.1, -0.05) is 12.1 Å². The topological polar surface area (TPSA) is 93.1 Å². The second-order valence-electron chi connectivity index (χ2n) is 8.42. The number of nitrogens with one attached hydrogen (secondary N) is 2. The van der Waals surface area contributed by atoms with E-state index in [4.69, 9.17) is 0 Å². The lowest BCUT2D eigenvalue weighted by atomic mass is 10.0. The number of rotatable bonds is 8. The zero-order chi connectivity index (χ0) is 26.5. The number of aromatic nitrogens is 2. The number of carbonyl (C=O) groups is 2. The van der Waals surface area contributed by atoms with E-state index in [9.17, 15) is 23.2 Å². The van der Waals surface area contributed by atoms with Gasteiger partial charge in [-0.15, -0.1) is 0 Å². The lowest BCUT2D eigenvalue weighted by molar-refractivity contribution is -0.117. The van der Waals surface area contributed by atoms with E-state index in [1.807, 2.05) is 0 Å². The Morgan fingerprint density at radius 2 is 1.70 bits per heavy atom. The fraction of sp³-hybridized carbons (Fsp3) is 0.143. The minimum absolute atomic E-state index is 0.0266. The first-order valence-electron chi connectivity index (χ1n) is 11.5. The maximum absolute atomic E-state index is 14.7. The number of likely N-dealkylation sites (N-methyl/N-ethyl adjacent to an activating group) is 1. The van der Waals surface area contributed by atoms with Crippen LogP contribution in [0.1, 0.15) is 28.4 Å². The van der Waals surface area contributed by atoms with Crippen molar-refractivity contribution in [3.8, 4) is 11.3 Å². The Balaban J connectivity index is 1.76. The molecule has 0 fully saturated rings. The molecule has 0 unspecified atom stereocenters. The first-order valence-corrected chi connectivity index (χ1v) is 11.5. The molecule has 2 N–H and O–H groups in total. The molecule has 0 radical (unpaired) electrons. The maximum atomic E-state index is 14.7. The number of hydrogen-bond acceptors (Lipinski definition) is 5. The van der Waals surface area contributed by atoms with Gasteiger partial charge in [-0.3, -0.25) is 19.4 Å². The first-order chi connectivity index (χ1) is 17.8. The van der Waals surface area contributed by atoms with Crippen molar-refractivity contribution < 1.29 is 18.4 Å². The van der Waals surface area contributed by atoms with Gasteiger partial charge in [0, 0.05) is 29.1 Å². The number of pyridine rings is 2. The molecule has 1 amide bonds. The van der Waals surface area contributed by atoms with Gasteiger partial charge >= 0.3 is 0 Å². The van der Waals surface area contributed by atoms with E-state index in [1.165, 1.54) is 53.4 Å². The lowest BCUT2D eigenvalue weighted by Crippen LogP contribution is -2.37. The molecule has 2 heterocycles. The van der Waals surface area contributed by atoms with Gasteiger partial charge in [0.25, 0.3) is 5.56 Å². The van der Waals surface area contributed by atoms with Gasteiger partial charge < -0.3 is 15.2 Å². The summed E-state index contributed by atoms with van der Waals surface area (Å²) < 4.78 is 29.3. The summed E-state index contributed by atoms with van der Waals surface area (Å²) in [6, 6.07) is 15.2. The van der Waals surface area contributed by atoms with Gasteiger partial charge in [0.1, 0.15) is 17.3 Å². The molecule has 9 heteroatoms. The monoisotopic (exact) mass is 502 g/mol. The fourth-order valence-corrected chi connectivity index (χ4v) is 3.76. The predicted molar refractivity (Wildman–Crippen MR) is 136 cm³/mol. The molecule has 7 nitrogen and oxygen atoms in total. The third-order valence-corrected chi connectivity index (χ3v) is 5.91. The summed E-state index contributed by atoms with van der Waals surface area (Å²) in [4.78, 5) is 42.9. The van der Waals surface area contributed by atoms with Gasteiger partial charge in [0.2, 0.25) is 5.91 Å². The third kappa shape index (κ3) is 5.68. The second-order valence-corrected chi connectivity index (χ2v) is 8.42. The normalized spacial score (nSPS) is 11.7. The number of carbonyl (C=O) groups excluding carboxylic acids is 2. The summed E-state index contributed by atoms with van der Waals surface area (Å²) in [5.41, 5.74) is 1.00. The molecule has 0 aliphatic rings. The number of ketones is 1. The van der Waals surface area contributed by atoms with Crippen molar-refractivity contribution in [2.75, 3.05) is 12.4 Å². The quantitative estimate of drug-likeness (QED) is 0.355. The van der Waals surface area contributed by atoms with Crippen LogP contribution in [0.5, 0.6) is 0 Å². The highest BCUT2D eigenvalue weighted by Gasteiger charge is 2.18. The second kappa shape index (κ2) is 11.0. The molecule has 37 heavy (non-hydrogen) atoms. The molecule has 4 aromatic rings. The number of halogens is 2. The van der Waals surface area contributed by atoms with Crippen molar-refractivity contribution in [1.82, 2.24) is 14.9 Å². The zero-order valence-corrected chi connectivity index (χ0v) is 20.2. The van der Waals surface area contributed by atoms with Gasteiger partial charge in [-0.05, 0) is 74.1 Å². The van der Waals surface area contributed by atoms with E-state index in [0.29, 0.717) is 5.56 Å². The molecular formula is C28H24F2N4O3. The van der Waals surface area contributed by atoms with Crippen molar-refractivity contribution in [2.24, 2.45) is 0 Å².